The number of H-pyrrole nitrogens is 2. The van der Waals surface area contributed by atoms with Gasteiger partial charge in [0, 0.05) is 71.7 Å². The molecule has 3 amide bonds. The highest BCUT2D eigenvalue weighted by molar-refractivity contribution is 7.24. The maximum Gasteiger partial charge on any atom is 0.407 e. The van der Waals surface area contributed by atoms with Gasteiger partial charge in [0.05, 0.1) is 35.4 Å². The van der Waals surface area contributed by atoms with Gasteiger partial charge < -0.3 is 39.3 Å². The first-order valence-electron chi connectivity index (χ1n) is 16.2. The van der Waals surface area contributed by atoms with E-state index in [0.29, 0.717) is 45.0 Å². The van der Waals surface area contributed by atoms with Crippen molar-refractivity contribution in [2.24, 2.45) is 0 Å². The predicted molar refractivity (Wildman–Crippen MR) is 182 cm³/mol. The van der Waals surface area contributed by atoms with E-state index in [0.717, 1.165) is 62.7 Å². The van der Waals surface area contributed by atoms with Gasteiger partial charge in [-0.2, -0.15) is 0 Å². The number of carbonyl (C=O) groups excluding carboxylic acids is 3. The van der Waals surface area contributed by atoms with E-state index >= 15 is 0 Å². The number of hydrogen-bond donors (Lipinski definition) is 3. The van der Waals surface area contributed by atoms with Crippen molar-refractivity contribution < 1.29 is 28.6 Å². The average Bonchev–Trinajstić information content (AvgIpc) is 3.94. The second-order valence-corrected chi connectivity index (χ2v) is 13.8. The van der Waals surface area contributed by atoms with Gasteiger partial charge in [-0.3, -0.25) is 9.59 Å². The van der Waals surface area contributed by atoms with E-state index in [1.807, 2.05) is 17.3 Å². The lowest BCUT2D eigenvalue weighted by molar-refractivity contribution is -0.135. The normalized spacial score (nSPS) is 18.3. The number of alkyl carbamates (subject to hydrolysis) is 1. The topological polar surface area (TPSA) is 181 Å². The molecule has 4 aromatic rings. The van der Waals surface area contributed by atoms with Crippen molar-refractivity contribution in [1.29, 1.82) is 0 Å². The number of methoxy groups -OCH3 is 3. The number of aromatic nitrogens is 6. The van der Waals surface area contributed by atoms with Crippen LogP contribution in [0.4, 0.5) is 4.79 Å². The highest BCUT2D eigenvalue weighted by Gasteiger charge is 2.36. The molecule has 261 valence electrons. The van der Waals surface area contributed by atoms with Crippen molar-refractivity contribution in [3.63, 3.8) is 0 Å². The van der Waals surface area contributed by atoms with Crippen molar-refractivity contribution >= 4 is 40.6 Å². The number of nitrogens with zero attached hydrogens (tertiary/aromatic N) is 6. The second kappa shape index (κ2) is 16.0. The third-order valence-corrected chi connectivity index (χ3v) is 10.8. The summed E-state index contributed by atoms with van der Waals surface area (Å²) in [4.78, 5) is 69.1. The van der Waals surface area contributed by atoms with Gasteiger partial charge in [-0.15, -0.1) is 22.7 Å². The quantitative estimate of drug-likeness (QED) is 0.159. The lowest BCUT2D eigenvalue weighted by Gasteiger charge is -2.28. The summed E-state index contributed by atoms with van der Waals surface area (Å²) in [5.41, 5.74) is 1.50. The molecule has 0 saturated carbocycles. The summed E-state index contributed by atoms with van der Waals surface area (Å²) in [7, 11) is 4.45. The van der Waals surface area contributed by atoms with Crippen molar-refractivity contribution in [3.05, 3.63) is 42.9 Å². The van der Waals surface area contributed by atoms with Gasteiger partial charge in [0.2, 0.25) is 11.8 Å². The summed E-state index contributed by atoms with van der Waals surface area (Å²) >= 11 is 2.99. The molecule has 15 nitrogen and oxygen atoms in total. The van der Waals surface area contributed by atoms with Crippen LogP contribution in [0.1, 0.15) is 62.3 Å². The predicted octanol–water partition coefficient (Wildman–Crippen LogP) is 4.38. The molecule has 0 aromatic carbocycles. The van der Waals surface area contributed by atoms with Crippen molar-refractivity contribution in [2.75, 3.05) is 47.6 Å². The second-order valence-electron chi connectivity index (χ2n) is 11.7. The Morgan fingerprint density at radius 3 is 2.04 bits per heavy atom. The highest BCUT2D eigenvalue weighted by atomic mass is 32.1. The molecule has 3 atom stereocenters. The van der Waals surface area contributed by atoms with Crippen LogP contribution in [0.2, 0.25) is 0 Å². The number of carbonyl (C=O) groups is 3. The zero-order chi connectivity index (χ0) is 34.3. The molecule has 2 fully saturated rings. The molecule has 2 aliphatic rings. The molecule has 17 heteroatoms. The van der Waals surface area contributed by atoms with E-state index in [-0.39, 0.29) is 23.9 Å². The van der Waals surface area contributed by atoms with Crippen molar-refractivity contribution in [1.82, 2.24) is 45.0 Å². The number of ether oxygens (including phenoxy) is 3. The molecular formula is C32H40N9O6S2. The first kappa shape index (κ1) is 34.7. The zero-order valence-electron chi connectivity index (χ0n) is 27.6. The number of nitrogens with one attached hydrogen (secondary N) is 3. The number of hydrogen-bond acceptors (Lipinski definition) is 12. The molecule has 1 radical (unpaired) electrons. The van der Waals surface area contributed by atoms with Crippen LogP contribution < -0.4 is 5.32 Å². The van der Waals surface area contributed by atoms with Crippen molar-refractivity contribution in [3.8, 4) is 31.2 Å². The summed E-state index contributed by atoms with van der Waals surface area (Å²) in [6.07, 6.45) is 12.6. The molecule has 0 aliphatic carbocycles. The maximum atomic E-state index is 13.5. The number of rotatable bonds is 14. The highest BCUT2D eigenvalue weighted by Crippen LogP contribution is 2.38. The van der Waals surface area contributed by atoms with E-state index in [1.165, 1.54) is 29.8 Å². The van der Waals surface area contributed by atoms with E-state index in [4.69, 9.17) is 24.2 Å². The van der Waals surface area contributed by atoms with Gasteiger partial charge in [-0.1, -0.05) is 0 Å². The molecule has 2 aliphatic heterocycles. The molecule has 49 heavy (non-hydrogen) atoms. The fraction of sp³-hybridized carbons (Fsp3) is 0.500. The number of likely N-dealkylation sites (tertiary alicyclic amines) is 2. The Labute approximate surface area is 291 Å². The Balaban J connectivity index is 1.11. The smallest absolute Gasteiger partial charge is 0.407 e. The van der Waals surface area contributed by atoms with Crippen LogP contribution in [0.15, 0.2) is 24.8 Å². The Morgan fingerprint density at radius 1 is 0.898 bits per heavy atom. The minimum absolute atomic E-state index is 0.00904. The van der Waals surface area contributed by atoms with E-state index in [2.05, 4.69) is 25.3 Å². The summed E-state index contributed by atoms with van der Waals surface area (Å²) in [6.45, 7) is 2.10. The average molecular weight is 711 g/mol. The molecule has 3 N–H and O–H groups in total. The molecule has 6 rings (SSSR count). The van der Waals surface area contributed by atoms with Crippen LogP contribution in [0.5, 0.6) is 0 Å². The Morgan fingerprint density at radius 2 is 1.47 bits per heavy atom. The largest absolute Gasteiger partial charge is 0.453 e. The van der Waals surface area contributed by atoms with E-state index in [1.54, 1.807) is 37.9 Å². The molecular weight excluding hydrogens is 671 g/mol. The SMILES string of the molecule is COCC[CH]C(=O)N1CCC[C@H]1c1nc(-c2cnc(-c3ncc(-c4c[nH]c([C@@H]5CCCN5C(=O)[C@H](CCOC)NC(=O)OC)n4)s3)s2)c[nH]1. The van der Waals surface area contributed by atoms with Gasteiger partial charge in [0.25, 0.3) is 0 Å². The molecule has 4 aromatic heterocycles. The minimum Gasteiger partial charge on any atom is -0.453 e. The lowest BCUT2D eigenvalue weighted by atomic mass is 10.1. The summed E-state index contributed by atoms with van der Waals surface area (Å²) in [5, 5.41) is 4.17. The van der Waals surface area contributed by atoms with E-state index < -0.39 is 12.1 Å². The van der Waals surface area contributed by atoms with Gasteiger partial charge in [-0.05, 0) is 32.1 Å². The van der Waals surface area contributed by atoms with Crippen LogP contribution >= 0.6 is 22.7 Å². The number of thiazole rings is 2. The number of imidazole rings is 2. The van der Waals surface area contributed by atoms with Crippen LogP contribution in [0.25, 0.3) is 31.2 Å². The van der Waals surface area contributed by atoms with Gasteiger partial charge >= 0.3 is 6.09 Å². The van der Waals surface area contributed by atoms with Crippen molar-refractivity contribution in [2.45, 2.75) is 56.7 Å². The summed E-state index contributed by atoms with van der Waals surface area (Å²) in [6, 6.07) is -1.10. The molecule has 6 heterocycles. The first-order valence-corrected chi connectivity index (χ1v) is 17.8. The van der Waals surface area contributed by atoms with Crippen LogP contribution in [-0.4, -0.2) is 111 Å². The standard InChI is InChI=1S/C32H40N9O6S2/c1-45-13-6-9-26(42)40-11-4-7-22(40)27-33-15-20(37-27)24-17-35-29(48-24)30-36-18-25(49-30)21-16-34-28(38-21)23-8-5-12-41(23)31(43)19(10-14-46-2)39-32(44)47-3/h9,15-19,22-23H,4-8,10-14H2,1-3H3,(H,33,37)(H,34,38)(H,39,44)/t19-,22-,23-/m0/s1. The molecule has 0 spiro atoms. The van der Waals surface area contributed by atoms with Gasteiger partial charge in [-0.25, -0.2) is 24.7 Å². The van der Waals surface area contributed by atoms with Gasteiger partial charge in [0.15, 0.2) is 10.0 Å². The lowest BCUT2D eigenvalue weighted by Crippen LogP contribution is -2.49. The fourth-order valence-corrected chi connectivity index (χ4v) is 7.98. The first-order chi connectivity index (χ1) is 23.9. The maximum absolute atomic E-state index is 13.5. The molecule has 2 saturated heterocycles. The molecule has 0 unspecified atom stereocenters. The zero-order valence-corrected chi connectivity index (χ0v) is 29.3. The summed E-state index contributed by atoms with van der Waals surface area (Å²) in [5.74, 6) is 1.27. The fourth-order valence-electron chi connectivity index (χ4n) is 6.19. The Kier molecular flexibility index (Phi) is 11.3. The number of amides is 3. The Hall–Kier alpha value is -4.19. The van der Waals surface area contributed by atoms with E-state index in [9.17, 15) is 14.4 Å². The van der Waals surface area contributed by atoms with Crippen LogP contribution in [0.3, 0.4) is 0 Å². The summed E-state index contributed by atoms with van der Waals surface area (Å²) < 4.78 is 15.0. The minimum atomic E-state index is -0.765. The third-order valence-electron chi connectivity index (χ3n) is 8.62. The molecule has 0 bridgehead atoms. The van der Waals surface area contributed by atoms with Gasteiger partial charge in [0.1, 0.15) is 29.1 Å². The number of aromatic amines is 2. The Bertz CT molecular complexity index is 1730. The monoisotopic (exact) mass is 710 g/mol. The van der Waals surface area contributed by atoms with Crippen LogP contribution in [0, 0.1) is 6.42 Å². The van der Waals surface area contributed by atoms with Crippen LogP contribution in [-0.2, 0) is 23.8 Å². The third kappa shape index (κ3) is 7.84.